The maximum atomic E-state index is 5.82. The second kappa shape index (κ2) is 8.51. The molecule has 0 aliphatic rings. The molecule has 0 fully saturated rings. The third kappa shape index (κ3) is 4.96. The number of alkyl halides is 1. The lowest BCUT2D eigenvalue weighted by Crippen LogP contribution is -2.14. The van der Waals surface area contributed by atoms with Gasteiger partial charge in [0.25, 0.3) is 0 Å². The Balaban J connectivity index is 2.54. The third-order valence-corrected chi connectivity index (χ3v) is 3.07. The Morgan fingerprint density at radius 2 is 1.78 bits per heavy atom. The number of hydrogen-bond donors (Lipinski definition) is 0. The van der Waals surface area contributed by atoms with E-state index < -0.39 is 0 Å². The number of rotatable bonds is 8. The van der Waals surface area contributed by atoms with Gasteiger partial charge in [0, 0.05) is 10.9 Å². The summed E-state index contributed by atoms with van der Waals surface area (Å²) in [6.45, 7) is 5.22. The molecule has 0 saturated carbocycles. The van der Waals surface area contributed by atoms with E-state index in [0.29, 0.717) is 13.2 Å². The summed E-state index contributed by atoms with van der Waals surface area (Å²) < 4.78 is 16.6. The smallest absolute Gasteiger partial charge is 0.124 e. The molecule has 0 aliphatic heterocycles. The Labute approximate surface area is 118 Å². The minimum absolute atomic E-state index is 0.0167. The molecule has 0 amide bonds. The highest BCUT2D eigenvalue weighted by atomic mass is 79.9. The fourth-order valence-corrected chi connectivity index (χ4v) is 2.16. The van der Waals surface area contributed by atoms with E-state index >= 15 is 0 Å². The lowest BCUT2D eigenvalue weighted by Gasteiger charge is -2.18. The van der Waals surface area contributed by atoms with Gasteiger partial charge in [-0.3, -0.25) is 0 Å². The van der Waals surface area contributed by atoms with E-state index in [1.54, 1.807) is 7.11 Å². The molecule has 0 heterocycles. The van der Waals surface area contributed by atoms with Crippen LogP contribution >= 0.6 is 15.9 Å². The standard InChI is InChI=1S/C14H21BrO3/c1-11(2)17-8-9-18-14(10-15)12-6-4-5-7-13(12)16-3/h4-7,11,14H,8-10H2,1-3H3. The summed E-state index contributed by atoms with van der Waals surface area (Å²) in [5, 5.41) is 0.731. The zero-order valence-electron chi connectivity index (χ0n) is 11.2. The number of methoxy groups -OCH3 is 1. The summed E-state index contributed by atoms with van der Waals surface area (Å²) in [6, 6.07) is 7.91. The Bertz CT molecular complexity index is 342. The molecule has 3 nitrogen and oxygen atoms in total. The van der Waals surface area contributed by atoms with Gasteiger partial charge in [0.15, 0.2) is 0 Å². The first kappa shape index (κ1) is 15.5. The molecule has 0 bridgehead atoms. The van der Waals surface area contributed by atoms with Gasteiger partial charge in [0.1, 0.15) is 5.75 Å². The van der Waals surface area contributed by atoms with Crippen LogP contribution in [0.1, 0.15) is 25.5 Å². The van der Waals surface area contributed by atoms with E-state index in [4.69, 9.17) is 14.2 Å². The largest absolute Gasteiger partial charge is 0.496 e. The normalized spacial score (nSPS) is 12.7. The van der Waals surface area contributed by atoms with Gasteiger partial charge >= 0.3 is 0 Å². The van der Waals surface area contributed by atoms with Crippen molar-refractivity contribution < 1.29 is 14.2 Å². The molecule has 18 heavy (non-hydrogen) atoms. The van der Waals surface area contributed by atoms with Crippen LogP contribution in [0.3, 0.4) is 0 Å². The van der Waals surface area contributed by atoms with Crippen LogP contribution in [-0.2, 0) is 9.47 Å². The van der Waals surface area contributed by atoms with Crippen LogP contribution in [0, 0.1) is 0 Å². The molecule has 0 spiro atoms. The van der Waals surface area contributed by atoms with Crippen LogP contribution < -0.4 is 4.74 Å². The zero-order chi connectivity index (χ0) is 13.4. The average Bonchev–Trinajstić information content (AvgIpc) is 2.38. The molecule has 0 N–H and O–H groups in total. The van der Waals surface area contributed by atoms with E-state index in [9.17, 15) is 0 Å². The lowest BCUT2D eigenvalue weighted by atomic mass is 10.1. The predicted molar refractivity (Wildman–Crippen MR) is 76.6 cm³/mol. The number of ether oxygens (including phenoxy) is 3. The van der Waals surface area contributed by atoms with Gasteiger partial charge in [-0.1, -0.05) is 34.1 Å². The van der Waals surface area contributed by atoms with Gasteiger partial charge in [-0.25, -0.2) is 0 Å². The van der Waals surface area contributed by atoms with E-state index in [1.807, 2.05) is 38.1 Å². The van der Waals surface area contributed by atoms with E-state index in [0.717, 1.165) is 16.6 Å². The van der Waals surface area contributed by atoms with Crippen molar-refractivity contribution in [2.75, 3.05) is 25.7 Å². The van der Waals surface area contributed by atoms with Crippen molar-refractivity contribution >= 4 is 15.9 Å². The first-order valence-corrected chi connectivity index (χ1v) is 7.23. The van der Waals surface area contributed by atoms with Crippen molar-refractivity contribution in [3.05, 3.63) is 29.8 Å². The lowest BCUT2D eigenvalue weighted by molar-refractivity contribution is -0.00611. The molecule has 1 rings (SSSR count). The minimum atomic E-state index is -0.0167. The molecule has 1 unspecified atom stereocenters. The van der Waals surface area contributed by atoms with Crippen LogP contribution in [0.25, 0.3) is 0 Å². The molecule has 1 aromatic carbocycles. The van der Waals surface area contributed by atoms with Gasteiger partial charge in [-0.2, -0.15) is 0 Å². The first-order valence-electron chi connectivity index (χ1n) is 6.11. The number of halogens is 1. The van der Waals surface area contributed by atoms with Crippen LogP contribution in [0.5, 0.6) is 5.75 Å². The molecule has 102 valence electrons. The van der Waals surface area contributed by atoms with Crippen molar-refractivity contribution in [1.29, 1.82) is 0 Å². The molecule has 1 aromatic rings. The van der Waals surface area contributed by atoms with Crippen LogP contribution in [0.2, 0.25) is 0 Å². The van der Waals surface area contributed by atoms with Gasteiger partial charge in [0.05, 0.1) is 32.5 Å². The predicted octanol–water partition coefficient (Wildman–Crippen LogP) is 3.57. The number of para-hydroxylation sites is 1. The van der Waals surface area contributed by atoms with Crippen molar-refractivity contribution in [3.63, 3.8) is 0 Å². The van der Waals surface area contributed by atoms with Crippen molar-refractivity contribution in [2.24, 2.45) is 0 Å². The Morgan fingerprint density at radius 3 is 2.39 bits per heavy atom. The quantitative estimate of drug-likeness (QED) is 0.542. The molecular formula is C14H21BrO3. The maximum Gasteiger partial charge on any atom is 0.124 e. The van der Waals surface area contributed by atoms with Crippen molar-refractivity contribution in [2.45, 2.75) is 26.1 Å². The molecule has 0 aliphatic carbocycles. The highest BCUT2D eigenvalue weighted by Crippen LogP contribution is 2.28. The highest BCUT2D eigenvalue weighted by Gasteiger charge is 2.15. The van der Waals surface area contributed by atoms with Gasteiger partial charge in [-0.15, -0.1) is 0 Å². The summed E-state index contributed by atoms with van der Waals surface area (Å²) in [5.74, 6) is 0.853. The highest BCUT2D eigenvalue weighted by molar-refractivity contribution is 9.09. The van der Waals surface area contributed by atoms with Crippen LogP contribution in [0.4, 0.5) is 0 Å². The molecule has 0 aromatic heterocycles. The van der Waals surface area contributed by atoms with Gasteiger partial charge in [0.2, 0.25) is 0 Å². The molecular weight excluding hydrogens is 296 g/mol. The molecule has 1 atom stereocenters. The Hall–Kier alpha value is -0.580. The van der Waals surface area contributed by atoms with E-state index in [2.05, 4.69) is 15.9 Å². The van der Waals surface area contributed by atoms with E-state index in [1.165, 1.54) is 0 Å². The fraction of sp³-hybridized carbons (Fsp3) is 0.571. The SMILES string of the molecule is COc1ccccc1C(CBr)OCCOC(C)C. The number of hydrogen-bond acceptors (Lipinski definition) is 3. The summed E-state index contributed by atoms with van der Waals surface area (Å²) >= 11 is 3.48. The summed E-state index contributed by atoms with van der Waals surface area (Å²) in [5.41, 5.74) is 1.06. The first-order chi connectivity index (χ1) is 8.69. The Morgan fingerprint density at radius 1 is 1.11 bits per heavy atom. The topological polar surface area (TPSA) is 27.7 Å². The summed E-state index contributed by atoms with van der Waals surface area (Å²) in [7, 11) is 1.67. The average molecular weight is 317 g/mol. The second-order valence-corrected chi connectivity index (χ2v) is 4.82. The summed E-state index contributed by atoms with van der Waals surface area (Å²) in [4.78, 5) is 0. The third-order valence-electron chi connectivity index (χ3n) is 2.48. The second-order valence-electron chi connectivity index (χ2n) is 4.18. The summed E-state index contributed by atoms with van der Waals surface area (Å²) in [6.07, 6.45) is 0.221. The number of benzene rings is 1. The van der Waals surface area contributed by atoms with Crippen molar-refractivity contribution in [1.82, 2.24) is 0 Å². The van der Waals surface area contributed by atoms with Crippen molar-refractivity contribution in [3.8, 4) is 5.75 Å². The minimum Gasteiger partial charge on any atom is -0.496 e. The van der Waals surface area contributed by atoms with E-state index in [-0.39, 0.29) is 12.2 Å². The fourth-order valence-electron chi connectivity index (χ4n) is 1.62. The van der Waals surface area contributed by atoms with Crippen LogP contribution in [-0.4, -0.2) is 31.8 Å². The van der Waals surface area contributed by atoms with Gasteiger partial charge < -0.3 is 14.2 Å². The van der Waals surface area contributed by atoms with Gasteiger partial charge in [-0.05, 0) is 19.9 Å². The zero-order valence-corrected chi connectivity index (χ0v) is 12.8. The monoisotopic (exact) mass is 316 g/mol. The molecule has 0 saturated heterocycles. The molecule has 4 heteroatoms. The Kier molecular flexibility index (Phi) is 7.32. The maximum absolute atomic E-state index is 5.82. The van der Waals surface area contributed by atoms with Crippen LogP contribution in [0.15, 0.2) is 24.3 Å². The molecule has 0 radical (unpaired) electrons.